The van der Waals surface area contributed by atoms with Gasteiger partial charge in [0.1, 0.15) is 6.07 Å². The summed E-state index contributed by atoms with van der Waals surface area (Å²) in [6.07, 6.45) is 0.509. The van der Waals surface area contributed by atoms with E-state index in [4.69, 9.17) is 0 Å². The van der Waals surface area contributed by atoms with Crippen LogP contribution in [0.4, 0.5) is 0 Å². The van der Waals surface area contributed by atoms with Gasteiger partial charge in [-0.15, -0.1) is 0 Å². The number of aromatic nitrogens is 1. The summed E-state index contributed by atoms with van der Waals surface area (Å²) in [5, 5.41) is 19.1. The number of hydrogen-bond donors (Lipinski definition) is 1. The Labute approximate surface area is 149 Å². The van der Waals surface area contributed by atoms with Crippen LogP contribution in [0.2, 0.25) is 0 Å². The van der Waals surface area contributed by atoms with Crippen molar-refractivity contribution in [3.05, 3.63) is 52.3 Å². The molecule has 0 amide bonds. The second-order valence-electron chi connectivity index (χ2n) is 7.66. The van der Waals surface area contributed by atoms with Gasteiger partial charge in [-0.2, -0.15) is 5.26 Å². The first-order chi connectivity index (χ1) is 11.6. The SMILES string of the molecule is Cc1ccc(-c2c(C#N)c(CC(C)(C)C)nc(C)c2CC(=O)O)cc1. The van der Waals surface area contributed by atoms with Gasteiger partial charge in [0.2, 0.25) is 0 Å². The Hall–Kier alpha value is -2.67. The number of hydrogen-bond acceptors (Lipinski definition) is 3. The smallest absolute Gasteiger partial charge is 0.307 e. The number of benzene rings is 1. The lowest BCUT2D eigenvalue weighted by molar-refractivity contribution is -0.136. The predicted molar refractivity (Wildman–Crippen MR) is 98.4 cm³/mol. The monoisotopic (exact) mass is 336 g/mol. The summed E-state index contributed by atoms with van der Waals surface area (Å²) >= 11 is 0. The summed E-state index contributed by atoms with van der Waals surface area (Å²) in [6.45, 7) is 10.1. The van der Waals surface area contributed by atoms with Gasteiger partial charge >= 0.3 is 5.97 Å². The molecule has 1 aromatic heterocycles. The number of nitriles is 1. The summed E-state index contributed by atoms with van der Waals surface area (Å²) in [4.78, 5) is 16.0. The first-order valence-electron chi connectivity index (χ1n) is 8.33. The van der Waals surface area contributed by atoms with Gasteiger partial charge in [-0.1, -0.05) is 50.6 Å². The molecule has 0 radical (unpaired) electrons. The summed E-state index contributed by atoms with van der Waals surface area (Å²) in [5.74, 6) is -0.925. The normalized spacial score (nSPS) is 11.2. The standard InChI is InChI=1S/C21H24N2O2/c1-13-6-8-15(9-7-13)20-16(10-19(24)25)14(2)23-18(17(20)12-22)11-21(3,4)5/h6-9H,10-11H2,1-5H3,(H,24,25). The fraction of sp³-hybridized carbons (Fsp3) is 0.381. The quantitative estimate of drug-likeness (QED) is 0.895. The van der Waals surface area contributed by atoms with Crippen molar-refractivity contribution >= 4 is 5.97 Å². The fourth-order valence-corrected chi connectivity index (χ4v) is 2.96. The summed E-state index contributed by atoms with van der Waals surface area (Å²) in [7, 11) is 0. The molecule has 0 spiro atoms. The highest BCUT2D eigenvalue weighted by Gasteiger charge is 2.23. The van der Waals surface area contributed by atoms with Gasteiger partial charge in [-0.3, -0.25) is 9.78 Å². The molecule has 2 rings (SSSR count). The van der Waals surface area contributed by atoms with Crippen LogP contribution in [0.25, 0.3) is 11.1 Å². The zero-order valence-electron chi connectivity index (χ0n) is 15.5. The molecule has 0 unspecified atom stereocenters. The van der Waals surface area contributed by atoms with E-state index in [1.54, 1.807) is 0 Å². The number of aliphatic carboxylic acids is 1. The maximum Gasteiger partial charge on any atom is 0.307 e. The number of aryl methyl sites for hydroxylation is 2. The van der Waals surface area contributed by atoms with Crippen molar-refractivity contribution in [3.8, 4) is 17.2 Å². The van der Waals surface area contributed by atoms with E-state index in [0.717, 1.165) is 16.8 Å². The maximum absolute atomic E-state index is 11.4. The molecule has 130 valence electrons. The van der Waals surface area contributed by atoms with Crippen LogP contribution in [0, 0.1) is 30.6 Å². The van der Waals surface area contributed by atoms with Gasteiger partial charge in [0.25, 0.3) is 0 Å². The van der Waals surface area contributed by atoms with Crippen molar-refractivity contribution in [3.63, 3.8) is 0 Å². The number of nitrogens with zero attached hydrogens (tertiary/aromatic N) is 2. The van der Waals surface area contributed by atoms with Gasteiger partial charge in [0, 0.05) is 11.3 Å². The molecule has 0 aliphatic heterocycles. The molecule has 2 aromatic rings. The molecule has 4 nitrogen and oxygen atoms in total. The van der Waals surface area contributed by atoms with Crippen molar-refractivity contribution in [2.45, 2.75) is 47.5 Å². The Bertz CT molecular complexity index is 838. The molecule has 4 heteroatoms. The first kappa shape index (κ1) is 18.7. The average molecular weight is 336 g/mol. The molecule has 0 aliphatic rings. The van der Waals surface area contributed by atoms with E-state index in [9.17, 15) is 15.2 Å². The summed E-state index contributed by atoms with van der Waals surface area (Å²) < 4.78 is 0. The molecular formula is C21H24N2O2. The van der Waals surface area contributed by atoms with Gasteiger partial charge in [0.05, 0.1) is 17.7 Å². The van der Waals surface area contributed by atoms with Crippen LogP contribution < -0.4 is 0 Å². The predicted octanol–water partition coefficient (Wildman–Crippen LogP) is 4.45. The Morgan fingerprint density at radius 2 is 1.80 bits per heavy atom. The van der Waals surface area contributed by atoms with E-state index >= 15 is 0 Å². The Morgan fingerprint density at radius 1 is 1.20 bits per heavy atom. The second kappa shape index (κ2) is 7.06. The molecule has 0 atom stereocenters. The van der Waals surface area contributed by atoms with Crippen LogP contribution >= 0.6 is 0 Å². The third-order valence-corrected chi connectivity index (χ3v) is 4.06. The minimum absolute atomic E-state index is 0.0239. The molecule has 0 aliphatic carbocycles. The topological polar surface area (TPSA) is 74.0 Å². The minimum atomic E-state index is -0.925. The lowest BCUT2D eigenvalue weighted by Crippen LogP contribution is -2.15. The van der Waals surface area contributed by atoms with E-state index in [1.807, 2.05) is 38.1 Å². The highest BCUT2D eigenvalue weighted by molar-refractivity contribution is 5.81. The number of pyridine rings is 1. The van der Waals surface area contributed by atoms with Crippen molar-refractivity contribution in [1.82, 2.24) is 4.98 Å². The molecule has 25 heavy (non-hydrogen) atoms. The Morgan fingerprint density at radius 3 is 2.28 bits per heavy atom. The van der Waals surface area contributed by atoms with Gasteiger partial charge in [-0.05, 0) is 36.8 Å². The molecular weight excluding hydrogens is 312 g/mol. The molecule has 0 fully saturated rings. The van der Waals surface area contributed by atoms with Gasteiger partial charge in [-0.25, -0.2) is 0 Å². The fourth-order valence-electron chi connectivity index (χ4n) is 2.96. The maximum atomic E-state index is 11.4. The van der Waals surface area contributed by atoms with E-state index < -0.39 is 5.97 Å². The summed E-state index contributed by atoms with van der Waals surface area (Å²) in [5.41, 5.74) is 5.17. The van der Waals surface area contributed by atoms with Crippen LogP contribution in [0.3, 0.4) is 0 Å². The molecule has 0 bridgehead atoms. The lowest BCUT2D eigenvalue weighted by Gasteiger charge is -2.22. The van der Waals surface area contributed by atoms with Crippen LogP contribution in [-0.2, 0) is 17.6 Å². The highest BCUT2D eigenvalue weighted by Crippen LogP contribution is 2.34. The highest BCUT2D eigenvalue weighted by atomic mass is 16.4. The van der Waals surface area contributed by atoms with E-state index in [2.05, 4.69) is 31.8 Å². The Balaban J connectivity index is 2.80. The zero-order chi connectivity index (χ0) is 18.8. The van der Waals surface area contributed by atoms with E-state index in [1.165, 1.54) is 0 Å². The van der Waals surface area contributed by atoms with Gasteiger partial charge < -0.3 is 5.11 Å². The Kier molecular flexibility index (Phi) is 5.27. The lowest BCUT2D eigenvalue weighted by atomic mass is 9.85. The second-order valence-corrected chi connectivity index (χ2v) is 7.66. The zero-order valence-corrected chi connectivity index (χ0v) is 15.5. The summed E-state index contributed by atoms with van der Waals surface area (Å²) in [6, 6.07) is 10.1. The largest absolute Gasteiger partial charge is 0.481 e. The number of carbonyl (C=O) groups is 1. The van der Waals surface area contributed by atoms with E-state index in [-0.39, 0.29) is 11.8 Å². The molecule has 0 saturated heterocycles. The van der Waals surface area contributed by atoms with E-state index in [0.29, 0.717) is 28.8 Å². The van der Waals surface area contributed by atoms with Crippen LogP contribution in [0.15, 0.2) is 24.3 Å². The number of carboxylic acid groups (broad SMARTS) is 1. The molecule has 0 saturated carbocycles. The third-order valence-electron chi connectivity index (χ3n) is 4.06. The van der Waals surface area contributed by atoms with Crippen molar-refractivity contribution in [2.24, 2.45) is 5.41 Å². The average Bonchev–Trinajstić information content (AvgIpc) is 2.48. The van der Waals surface area contributed by atoms with Crippen LogP contribution in [0.5, 0.6) is 0 Å². The van der Waals surface area contributed by atoms with Crippen LogP contribution in [0.1, 0.15) is 48.8 Å². The number of carboxylic acids is 1. The van der Waals surface area contributed by atoms with Crippen molar-refractivity contribution in [2.75, 3.05) is 0 Å². The molecule has 1 aromatic carbocycles. The molecule has 1 N–H and O–H groups in total. The minimum Gasteiger partial charge on any atom is -0.481 e. The van der Waals surface area contributed by atoms with Crippen LogP contribution in [-0.4, -0.2) is 16.1 Å². The van der Waals surface area contributed by atoms with Gasteiger partial charge in [0.15, 0.2) is 0 Å². The van der Waals surface area contributed by atoms with Crippen molar-refractivity contribution < 1.29 is 9.90 Å². The number of rotatable bonds is 4. The first-order valence-corrected chi connectivity index (χ1v) is 8.33. The molecule has 1 heterocycles. The third kappa shape index (κ3) is 4.45. The van der Waals surface area contributed by atoms with Crippen molar-refractivity contribution in [1.29, 1.82) is 5.26 Å².